The van der Waals surface area contributed by atoms with Crippen LogP contribution < -0.4 is 15.5 Å². The van der Waals surface area contributed by atoms with E-state index in [1.54, 1.807) is 12.4 Å². The monoisotopic (exact) mass is 411 g/mol. The molecule has 3 aromatic rings. The smallest absolute Gasteiger partial charge is 0.271 e. The second-order valence-corrected chi connectivity index (χ2v) is 7.31. The number of aromatic nitrogens is 4. The van der Waals surface area contributed by atoms with Gasteiger partial charge in [0.2, 0.25) is 5.95 Å². The molecule has 1 saturated heterocycles. The minimum atomic E-state index is -0.553. The third kappa shape index (κ3) is 4.02. The van der Waals surface area contributed by atoms with Gasteiger partial charge in [0.15, 0.2) is 5.65 Å². The third-order valence-corrected chi connectivity index (χ3v) is 5.31. The predicted molar refractivity (Wildman–Crippen MR) is 105 cm³/mol. The summed E-state index contributed by atoms with van der Waals surface area (Å²) in [4.78, 5) is 22.9. The van der Waals surface area contributed by atoms with Gasteiger partial charge >= 0.3 is 0 Å². The summed E-state index contributed by atoms with van der Waals surface area (Å²) in [6, 6.07) is 1.74. The highest BCUT2D eigenvalue weighted by Crippen LogP contribution is 2.30. The van der Waals surface area contributed by atoms with E-state index in [1.165, 1.54) is 10.6 Å². The van der Waals surface area contributed by atoms with E-state index in [9.17, 15) is 9.18 Å². The predicted octanol–water partition coefficient (Wildman–Crippen LogP) is 2.11. The standard InChI is InChI=1S/C16H18FN7OS.ClH/c1-9-7-23(4-3-18-9)13-5-11(17)14(26-13)15(25)21-16-20-12-6-19-10(2)8-24(12)22-16;/h5-6,8-9,18H,3-4,7H2,1-2H3,(H,21,22,25);1H. The van der Waals surface area contributed by atoms with E-state index in [0.29, 0.717) is 11.7 Å². The number of hydrogen-bond acceptors (Lipinski definition) is 7. The molecule has 0 aliphatic carbocycles. The molecule has 0 radical (unpaired) electrons. The molecule has 1 fully saturated rings. The molecule has 4 rings (SSSR count). The van der Waals surface area contributed by atoms with Crippen molar-refractivity contribution in [2.24, 2.45) is 0 Å². The van der Waals surface area contributed by atoms with Crippen molar-refractivity contribution in [2.45, 2.75) is 19.9 Å². The van der Waals surface area contributed by atoms with Gasteiger partial charge in [0.25, 0.3) is 5.91 Å². The summed E-state index contributed by atoms with van der Waals surface area (Å²) in [7, 11) is 0. The van der Waals surface area contributed by atoms with Crippen LogP contribution in [-0.2, 0) is 0 Å². The Morgan fingerprint density at radius 1 is 1.48 bits per heavy atom. The quantitative estimate of drug-likeness (QED) is 0.686. The van der Waals surface area contributed by atoms with Crippen molar-refractivity contribution in [1.82, 2.24) is 24.9 Å². The van der Waals surface area contributed by atoms with Crippen LogP contribution in [0.5, 0.6) is 0 Å². The normalized spacial score (nSPS) is 17.0. The maximum Gasteiger partial charge on any atom is 0.271 e. The summed E-state index contributed by atoms with van der Waals surface area (Å²) in [5.41, 5.74) is 1.28. The zero-order valence-corrected chi connectivity index (χ0v) is 16.4. The van der Waals surface area contributed by atoms with Crippen molar-refractivity contribution in [2.75, 3.05) is 29.9 Å². The Hall–Kier alpha value is -2.30. The van der Waals surface area contributed by atoms with Gasteiger partial charge in [-0.2, -0.15) is 4.98 Å². The van der Waals surface area contributed by atoms with E-state index in [-0.39, 0.29) is 23.2 Å². The number of nitrogens with zero attached hydrogens (tertiary/aromatic N) is 5. The molecule has 0 saturated carbocycles. The molecule has 3 aromatic heterocycles. The minimum Gasteiger partial charge on any atom is -0.361 e. The molecule has 1 aliphatic rings. The second kappa shape index (κ2) is 7.75. The Morgan fingerprint density at radius 2 is 2.30 bits per heavy atom. The van der Waals surface area contributed by atoms with Gasteiger partial charge in [0, 0.05) is 31.7 Å². The fourth-order valence-electron chi connectivity index (χ4n) is 2.90. The maximum absolute atomic E-state index is 14.3. The number of thiophene rings is 1. The first-order chi connectivity index (χ1) is 12.5. The molecule has 0 spiro atoms. The number of nitrogens with one attached hydrogen (secondary N) is 2. The van der Waals surface area contributed by atoms with Crippen LogP contribution >= 0.6 is 23.7 Å². The summed E-state index contributed by atoms with van der Waals surface area (Å²) in [6.07, 6.45) is 3.26. The van der Waals surface area contributed by atoms with Crippen LogP contribution in [0.25, 0.3) is 5.65 Å². The number of amides is 1. The van der Waals surface area contributed by atoms with Gasteiger partial charge < -0.3 is 10.2 Å². The lowest BCUT2D eigenvalue weighted by Crippen LogP contribution is -2.49. The molecule has 1 aliphatic heterocycles. The van der Waals surface area contributed by atoms with E-state index in [1.807, 2.05) is 6.92 Å². The molecule has 27 heavy (non-hydrogen) atoms. The van der Waals surface area contributed by atoms with Crippen molar-refractivity contribution in [3.63, 3.8) is 0 Å². The van der Waals surface area contributed by atoms with Crippen molar-refractivity contribution in [1.29, 1.82) is 0 Å². The summed E-state index contributed by atoms with van der Waals surface area (Å²) in [5, 5.41) is 10.8. The molecule has 4 heterocycles. The van der Waals surface area contributed by atoms with Crippen molar-refractivity contribution in [3.8, 4) is 0 Å². The second-order valence-electron chi connectivity index (χ2n) is 6.28. The van der Waals surface area contributed by atoms with Crippen LogP contribution in [0.15, 0.2) is 18.5 Å². The van der Waals surface area contributed by atoms with Gasteiger partial charge in [0.05, 0.1) is 23.1 Å². The van der Waals surface area contributed by atoms with Crippen molar-refractivity contribution < 1.29 is 9.18 Å². The Labute approximate surface area is 165 Å². The first-order valence-electron chi connectivity index (χ1n) is 8.27. The number of aryl methyl sites for hydroxylation is 1. The number of piperazine rings is 1. The molecule has 1 atom stereocenters. The average molecular weight is 412 g/mol. The van der Waals surface area contributed by atoms with E-state index in [4.69, 9.17) is 0 Å². The van der Waals surface area contributed by atoms with Crippen LogP contribution in [0.4, 0.5) is 15.3 Å². The first kappa shape index (κ1) is 19.5. The molecular formula is C16H19ClFN7OS. The molecular weight excluding hydrogens is 393 g/mol. The summed E-state index contributed by atoms with van der Waals surface area (Å²) >= 11 is 1.14. The van der Waals surface area contributed by atoms with E-state index >= 15 is 0 Å². The minimum absolute atomic E-state index is 0. The molecule has 0 aromatic carbocycles. The fraction of sp³-hybridized carbons (Fsp3) is 0.375. The Bertz CT molecular complexity index is 975. The lowest BCUT2D eigenvalue weighted by Gasteiger charge is -2.32. The zero-order chi connectivity index (χ0) is 18.3. The molecule has 2 N–H and O–H groups in total. The van der Waals surface area contributed by atoms with Crippen LogP contribution in [0, 0.1) is 12.7 Å². The number of halogens is 2. The largest absolute Gasteiger partial charge is 0.361 e. The fourth-order valence-corrected chi connectivity index (χ4v) is 3.87. The van der Waals surface area contributed by atoms with Gasteiger partial charge in [-0.1, -0.05) is 0 Å². The highest BCUT2D eigenvalue weighted by atomic mass is 35.5. The first-order valence-corrected chi connectivity index (χ1v) is 9.09. The molecule has 11 heteroatoms. The van der Waals surface area contributed by atoms with Crippen molar-refractivity contribution in [3.05, 3.63) is 34.8 Å². The van der Waals surface area contributed by atoms with Gasteiger partial charge in [-0.15, -0.1) is 28.8 Å². The lowest BCUT2D eigenvalue weighted by atomic mass is 10.2. The Morgan fingerprint density at radius 3 is 3.07 bits per heavy atom. The molecule has 8 nitrogen and oxygen atoms in total. The van der Waals surface area contributed by atoms with Gasteiger partial charge in [-0.25, -0.2) is 8.91 Å². The topological polar surface area (TPSA) is 87.5 Å². The van der Waals surface area contributed by atoms with Crippen LogP contribution in [0.3, 0.4) is 0 Å². The van der Waals surface area contributed by atoms with Crippen molar-refractivity contribution >= 4 is 46.2 Å². The summed E-state index contributed by atoms with van der Waals surface area (Å²) < 4.78 is 15.8. The third-order valence-electron chi connectivity index (χ3n) is 4.14. The number of rotatable bonds is 3. The van der Waals surface area contributed by atoms with E-state index in [2.05, 4.69) is 37.5 Å². The lowest BCUT2D eigenvalue weighted by molar-refractivity contribution is 0.102. The van der Waals surface area contributed by atoms with Crippen LogP contribution in [0.1, 0.15) is 22.3 Å². The van der Waals surface area contributed by atoms with E-state index in [0.717, 1.165) is 41.7 Å². The van der Waals surface area contributed by atoms with E-state index < -0.39 is 11.7 Å². The summed E-state index contributed by atoms with van der Waals surface area (Å²) in [5.74, 6) is -0.968. The van der Waals surface area contributed by atoms with Crippen LogP contribution in [-0.4, -0.2) is 51.2 Å². The Balaban J connectivity index is 0.00000210. The number of fused-ring (bicyclic) bond motifs is 1. The highest BCUT2D eigenvalue weighted by Gasteiger charge is 2.23. The van der Waals surface area contributed by atoms with Gasteiger partial charge in [-0.3, -0.25) is 15.1 Å². The van der Waals surface area contributed by atoms with Gasteiger partial charge in [-0.05, 0) is 13.8 Å². The molecule has 1 amide bonds. The summed E-state index contributed by atoms with van der Waals surface area (Å²) in [6.45, 7) is 6.31. The molecule has 0 bridgehead atoms. The number of anilines is 2. The number of carbonyl (C=O) groups is 1. The SMILES string of the molecule is Cc1cn2nc(NC(=O)c3sc(N4CCNC(C)C4)cc3F)nc2cn1.Cl. The molecule has 1 unspecified atom stereocenters. The zero-order valence-electron chi connectivity index (χ0n) is 14.8. The van der Waals surface area contributed by atoms with Crippen LogP contribution in [0.2, 0.25) is 0 Å². The number of hydrogen-bond donors (Lipinski definition) is 2. The Kier molecular flexibility index (Phi) is 5.59. The molecule has 144 valence electrons. The number of carbonyl (C=O) groups excluding carboxylic acids is 1. The highest BCUT2D eigenvalue weighted by molar-refractivity contribution is 7.18. The average Bonchev–Trinajstić information content (AvgIpc) is 3.17. The maximum atomic E-state index is 14.3. The van der Waals surface area contributed by atoms with Gasteiger partial charge in [0.1, 0.15) is 10.7 Å².